The van der Waals surface area contributed by atoms with E-state index in [1.54, 1.807) is 29.6 Å². The number of amides is 2. The average Bonchev–Trinajstić information content (AvgIpc) is 3.48. The van der Waals surface area contributed by atoms with Crippen LogP contribution in [0.1, 0.15) is 26.3 Å². The fraction of sp³-hybridized carbons (Fsp3) is 0.167. The first-order valence-corrected chi connectivity index (χ1v) is 13.0. The van der Waals surface area contributed by atoms with Crippen molar-refractivity contribution in [1.82, 2.24) is 24.8 Å². The third-order valence-corrected chi connectivity index (χ3v) is 6.88. The molecule has 0 saturated carbocycles. The first-order chi connectivity index (χ1) is 19.6. The van der Waals surface area contributed by atoms with Crippen molar-refractivity contribution in [1.29, 1.82) is 0 Å². The summed E-state index contributed by atoms with van der Waals surface area (Å²) in [7, 11) is 0. The van der Waals surface area contributed by atoms with Crippen LogP contribution in [-0.4, -0.2) is 63.0 Å². The fourth-order valence-electron chi connectivity index (χ4n) is 4.69. The molecule has 1 aliphatic heterocycles. The summed E-state index contributed by atoms with van der Waals surface area (Å²) in [6.07, 6.45) is 4.79. The lowest BCUT2D eigenvalue weighted by Crippen LogP contribution is -2.40. The standard InChI is InChI=1S/C30H27N7O3/c1-19-23(5-2-6-24(19)36-29(38)21-4-3-11-31-17-21)25-16-26-27(33-18-32-26)28(35-25)34-22-9-7-20(8-10-22)30(39)37-12-14-40-15-13-37/h2-11,16-18H,12-15H2,1H3,(H,32,33)(H,34,35)(H,36,38). The van der Waals surface area contributed by atoms with Gasteiger partial charge in [0, 0.05) is 48.0 Å². The maximum atomic E-state index is 12.8. The van der Waals surface area contributed by atoms with Crippen molar-refractivity contribution >= 4 is 40.0 Å². The third-order valence-electron chi connectivity index (χ3n) is 6.88. The number of hydrogen-bond acceptors (Lipinski definition) is 7. The highest BCUT2D eigenvalue weighted by Gasteiger charge is 2.19. The maximum Gasteiger partial charge on any atom is 0.257 e. The Labute approximate surface area is 230 Å². The lowest BCUT2D eigenvalue weighted by molar-refractivity contribution is 0.0303. The number of nitrogens with zero attached hydrogens (tertiary/aromatic N) is 4. The molecule has 10 nitrogen and oxygen atoms in total. The summed E-state index contributed by atoms with van der Waals surface area (Å²) >= 11 is 0. The van der Waals surface area contributed by atoms with E-state index in [1.807, 2.05) is 55.5 Å². The van der Waals surface area contributed by atoms with Crippen LogP contribution in [0.3, 0.4) is 0 Å². The van der Waals surface area contributed by atoms with Gasteiger partial charge in [0.1, 0.15) is 5.52 Å². The van der Waals surface area contributed by atoms with Gasteiger partial charge in [-0.15, -0.1) is 0 Å². The van der Waals surface area contributed by atoms with Gasteiger partial charge in [0.05, 0.1) is 36.3 Å². The van der Waals surface area contributed by atoms with Crippen LogP contribution in [-0.2, 0) is 4.74 Å². The molecule has 0 radical (unpaired) electrons. The normalized spacial score (nSPS) is 13.3. The van der Waals surface area contributed by atoms with Crippen molar-refractivity contribution in [3.8, 4) is 11.3 Å². The Bertz CT molecular complexity index is 1680. The number of aromatic nitrogens is 4. The minimum Gasteiger partial charge on any atom is -0.378 e. The number of carbonyl (C=O) groups excluding carboxylic acids is 2. The molecule has 200 valence electrons. The van der Waals surface area contributed by atoms with Gasteiger partial charge in [-0.1, -0.05) is 12.1 Å². The van der Waals surface area contributed by atoms with Gasteiger partial charge in [-0.05, 0) is 61.0 Å². The molecule has 1 saturated heterocycles. The molecule has 3 N–H and O–H groups in total. The van der Waals surface area contributed by atoms with E-state index in [2.05, 4.69) is 25.6 Å². The van der Waals surface area contributed by atoms with Crippen molar-refractivity contribution in [2.45, 2.75) is 6.92 Å². The molecule has 1 fully saturated rings. The highest BCUT2D eigenvalue weighted by Crippen LogP contribution is 2.32. The summed E-state index contributed by atoms with van der Waals surface area (Å²) in [6.45, 7) is 4.27. The molecule has 2 amide bonds. The van der Waals surface area contributed by atoms with Crippen molar-refractivity contribution in [3.63, 3.8) is 0 Å². The van der Waals surface area contributed by atoms with Crippen molar-refractivity contribution in [3.05, 3.63) is 96.1 Å². The smallest absolute Gasteiger partial charge is 0.257 e. The Hall–Kier alpha value is -5.09. The molecule has 6 rings (SSSR count). The molecule has 4 heterocycles. The van der Waals surface area contributed by atoms with Crippen molar-refractivity contribution in [2.24, 2.45) is 0 Å². The monoisotopic (exact) mass is 533 g/mol. The number of H-pyrrole nitrogens is 1. The number of benzene rings is 2. The SMILES string of the molecule is Cc1c(NC(=O)c2cccnc2)cccc1-c1cc2[nH]cnc2c(Nc2ccc(C(=O)N3CCOCC3)cc2)n1. The zero-order chi connectivity index (χ0) is 27.5. The summed E-state index contributed by atoms with van der Waals surface area (Å²) in [5.74, 6) is 0.337. The van der Waals surface area contributed by atoms with Crippen LogP contribution >= 0.6 is 0 Å². The topological polar surface area (TPSA) is 125 Å². The summed E-state index contributed by atoms with van der Waals surface area (Å²) in [6, 6.07) is 18.4. The zero-order valence-electron chi connectivity index (χ0n) is 21.8. The quantitative estimate of drug-likeness (QED) is 0.286. The molecule has 40 heavy (non-hydrogen) atoms. The maximum absolute atomic E-state index is 12.8. The molecule has 0 aliphatic carbocycles. The second-order valence-electron chi connectivity index (χ2n) is 9.44. The van der Waals surface area contributed by atoms with Gasteiger partial charge in [0.2, 0.25) is 0 Å². The molecular weight excluding hydrogens is 506 g/mol. The molecule has 10 heteroatoms. The Morgan fingerprint density at radius 3 is 2.60 bits per heavy atom. The van der Waals surface area contributed by atoms with Gasteiger partial charge in [-0.2, -0.15) is 0 Å². The average molecular weight is 534 g/mol. The van der Waals surface area contributed by atoms with E-state index in [0.29, 0.717) is 60.1 Å². The molecule has 1 aliphatic rings. The van der Waals surface area contributed by atoms with Gasteiger partial charge in [0.25, 0.3) is 11.8 Å². The number of carbonyl (C=O) groups is 2. The van der Waals surface area contributed by atoms with Crippen LogP contribution in [0.2, 0.25) is 0 Å². The summed E-state index contributed by atoms with van der Waals surface area (Å²) in [5, 5.41) is 6.34. The second-order valence-corrected chi connectivity index (χ2v) is 9.44. The lowest BCUT2D eigenvalue weighted by atomic mass is 10.0. The number of aromatic amines is 1. The van der Waals surface area contributed by atoms with E-state index in [0.717, 1.165) is 22.3 Å². The molecule has 0 bridgehead atoms. The number of morpholine rings is 1. The first kappa shape index (κ1) is 25.2. The molecule has 0 spiro atoms. The summed E-state index contributed by atoms with van der Waals surface area (Å²) < 4.78 is 5.35. The Morgan fingerprint density at radius 1 is 1.00 bits per heavy atom. The fourth-order valence-corrected chi connectivity index (χ4v) is 4.69. The largest absolute Gasteiger partial charge is 0.378 e. The van der Waals surface area contributed by atoms with E-state index in [1.165, 1.54) is 6.20 Å². The van der Waals surface area contributed by atoms with Crippen LogP contribution in [0.5, 0.6) is 0 Å². The minimum atomic E-state index is -0.233. The number of pyridine rings is 2. The van der Waals surface area contributed by atoms with Gasteiger partial charge < -0.3 is 25.3 Å². The summed E-state index contributed by atoms with van der Waals surface area (Å²) in [4.78, 5) is 43.9. The van der Waals surface area contributed by atoms with Gasteiger partial charge >= 0.3 is 0 Å². The molecule has 2 aromatic carbocycles. The van der Waals surface area contributed by atoms with Gasteiger partial charge in [-0.25, -0.2) is 9.97 Å². The van der Waals surface area contributed by atoms with Crippen LogP contribution < -0.4 is 10.6 Å². The minimum absolute atomic E-state index is 0.00404. The van der Waals surface area contributed by atoms with Gasteiger partial charge in [0.15, 0.2) is 5.82 Å². The Balaban J connectivity index is 1.27. The van der Waals surface area contributed by atoms with E-state index < -0.39 is 0 Å². The number of imidazole rings is 1. The van der Waals surface area contributed by atoms with Crippen molar-refractivity contribution < 1.29 is 14.3 Å². The predicted octanol–water partition coefficient (Wildman–Crippen LogP) is 4.80. The summed E-state index contributed by atoms with van der Waals surface area (Å²) in [5.41, 5.74) is 6.54. The number of hydrogen-bond donors (Lipinski definition) is 3. The highest BCUT2D eigenvalue weighted by molar-refractivity contribution is 6.05. The van der Waals surface area contributed by atoms with Crippen molar-refractivity contribution in [2.75, 3.05) is 36.9 Å². The number of anilines is 3. The number of fused-ring (bicyclic) bond motifs is 1. The number of rotatable bonds is 6. The molecule has 3 aromatic heterocycles. The molecular formula is C30H27N7O3. The number of nitrogens with one attached hydrogen (secondary N) is 3. The first-order valence-electron chi connectivity index (χ1n) is 13.0. The Kier molecular flexibility index (Phi) is 6.90. The van der Waals surface area contributed by atoms with Crippen LogP contribution in [0, 0.1) is 6.92 Å². The molecule has 0 atom stereocenters. The highest BCUT2D eigenvalue weighted by atomic mass is 16.5. The van der Waals surface area contributed by atoms with Gasteiger partial charge in [-0.3, -0.25) is 14.6 Å². The van der Waals surface area contributed by atoms with E-state index in [9.17, 15) is 9.59 Å². The van der Waals surface area contributed by atoms with E-state index in [-0.39, 0.29) is 11.8 Å². The van der Waals surface area contributed by atoms with E-state index in [4.69, 9.17) is 9.72 Å². The lowest BCUT2D eigenvalue weighted by Gasteiger charge is -2.26. The predicted molar refractivity (Wildman–Crippen MR) is 153 cm³/mol. The van der Waals surface area contributed by atoms with Crippen LogP contribution in [0.25, 0.3) is 22.3 Å². The van der Waals surface area contributed by atoms with Crippen LogP contribution in [0.15, 0.2) is 79.4 Å². The molecule has 5 aromatic rings. The second kappa shape index (κ2) is 11.0. The number of ether oxygens (including phenoxy) is 1. The van der Waals surface area contributed by atoms with E-state index >= 15 is 0 Å². The third kappa shape index (κ3) is 5.12. The zero-order valence-corrected chi connectivity index (χ0v) is 21.8. The van der Waals surface area contributed by atoms with Crippen LogP contribution in [0.4, 0.5) is 17.2 Å². The Morgan fingerprint density at radius 2 is 1.82 bits per heavy atom. The molecule has 0 unspecified atom stereocenters.